The van der Waals surface area contributed by atoms with E-state index in [1.54, 1.807) is 7.05 Å². The van der Waals surface area contributed by atoms with Gasteiger partial charge in [0.15, 0.2) is 0 Å². The fourth-order valence-electron chi connectivity index (χ4n) is 1.89. The topological polar surface area (TPSA) is 41.1 Å². The highest BCUT2D eigenvalue weighted by atomic mass is 16.2. The molecule has 0 aliphatic carbocycles. The Kier molecular flexibility index (Phi) is 8.38. The van der Waals surface area contributed by atoms with E-state index >= 15 is 0 Å². The van der Waals surface area contributed by atoms with Crippen molar-refractivity contribution in [3.8, 4) is 0 Å². The van der Waals surface area contributed by atoms with Crippen LogP contribution in [0.4, 0.5) is 0 Å². The van der Waals surface area contributed by atoms with E-state index in [1.807, 2.05) is 7.05 Å². The molecule has 0 radical (unpaired) electrons. The smallest absolute Gasteiger partial charge is 0.237 e. The van der Waals surface area contributed by atoms with Crippen LogP contribution in [0.5, 0.6) is 0 Å². The van der Waals surface area contributed by atoms with Gasteiger partial charge < -0.3 is 10.6 Å². The highest BCUT2D eigenvalue weighted by Gasteiger charge is 2.21. The van der Waals surface area contributed by atoms with Crippen molar-refractivity contribution in [1.82, 2.24) is 10.6 Å². The molecule has 2 N–H and O–H groups in total. The number of likely N-dealkylation sites (N-methyl/N-ethyl adjacent to an activating group) is 2. The molecule has 3 heteroatoms. The van der Waals surface area contributed by atoms with Crippen molar-refractivity contribution >= 4 is 5.91 Å². The number of unbranched alkanes of at least 4 members (excludes halogenated alkanes) is 3. The Morgan fingerprint density at radius 3 is 2.33 bits per heavy atom. The third-order valence-electron chi connectivity index (χ3n) is 2.92. The molecule has 3 nitrogen and oxygen atoms in total. The molecule has 0 aliphatic rings. The molecule has 1 unspecified atom stereocenters. The molecule has 0 spiro atoms. The van der Waals surface area contributed by atoms with E-state index in [2.05, 4.69) is 24.5 Å². The normalized spacial score (nSPS) is 14.7. The number of nitrogens with one attached hydrogen (secondary N) is 2. The van der Waals surface area contributed by atoms with E-state index in [-0.39, 0.29) is 11.9 Å². The summed E-state index contributed by atoms with van der Waals surface area (Å²) in [6, 6.07) is -0.0448. The Morgan fingerprint density at radius 1 is 1.20 bits per heavy atom. The summed E-state index contributed by atoms with van der Waals surface area (Å²) >= 11 is 0. The van der Waals surface area contributed by atoms with E-state index in [0.29, 0.717) is 5.92 Å². The van der Waals surface area contributed by atoms with Crippen LogP contribution in [0.1, 0.15) is 46.0 Å². The van der Waals surface area contributed by atoms with E-state index < -0.39 is 0 Å². The molecule has 0 aliphatic heterocycles. The second-order valence-corrected chi connectivity index (χ2v) is 4.21. The van der Waals surface area contributed by atoms with Crippen LogP contribution in [0.15, 0.2) is 0 Å². The van der Waals surface area contributed by atoms with Gasteiger partial charge >= 0.3 is 0 Å². The minimum Gasteiger partial charge on any atom is -0.358 e. The van der Waals surface area contributed by atoms with Crippen molar-refractivity contribution in [2.45, 2.75) is 52.0 Å². The lowest BCUT2D eigenvalue weighted by molar-refractivity contribution is -0.123. The lowest BCUT2D eigenvalue weighted by Crippen LogP contribution is -2.45. The molecule has 15 heavy (non-hydrogen) atoms. The number of carbonyl (C=O) groups excluding carboxylic acids is 1. The molecule has 0 saturated heterocycles. The van der Waals surface area contributed by atoms with Crippen LogP contribution in [-0.4, -0.2) is 26.0 Å². The third kappa shape index (κ3) is 5.78. The van der Waals surface area contributed by atoms with Crippen molar-refractivity contribution in [2.75, 3.05) is 14.1 Å². The average Bonchev–Trinajstić information content (AvgIpc) is 2.25. The summed E-state index contributed by atoms with van der Waals surface area (Å²) in [6.07, 6.45) is 6.20. The van der Waals surface area contributed by atoms with Crippen LogP contribution < -0.4 is 10.6 Å². The van der Waals surface area contributed by atoms with Gasteiger partial charge in [0.1, 0.15) is 0 Å². The van der Waals surface area contributed by atoms with E-state index in [1.165, 1.54) is 25.7 Å². The summed E-state index contributed by atoms with van der Waals surface area (Å²) in [5.74, 6) is 0.507. The van der Waals surface area contributed by atoms with Gasteiger partial charge in [0, 0.05) is 7.05 Å². The molecule has 0 saturated carbocycles. The fourth-order valence-corrected chi connectivity index (χ4v) is 1.89. The maximum Gasteiger partial charge on any atom is 0.237 e. The number of amides is 1. The Balaban J connectivity index is 3.83. The van der Waals surface area contributed by atoms with Crippen molar-refractivity contribution < 1.29 is 4.79 Å². The zero-order valence-corrected chi connectivity index (χ0v) is 10.6. The van der Waals surface area contributed by atoms with Crippen molar-refractivity contribution in [1.29, 1.82) is 0 Å². The van der Waals surface area contributed by atoms with E-state index in [0.717, 1.165) is 6.42 Å². The predicted molar refractivity (Wildman–Crippen MR) is 64.8 cm³/mol. The molecular formula is C12H26N2O. The van der Waals surface area contributed by atoms with Gasteiger partial charge in [-0.2, -0.15) is 0 Å². The molecule has 0 bridgehead atoms. The Morgan fingerprint density at radius 2 is 1.87 bits per heavy atom. The van der Waals surface area contributed by atoms with Gasteiger partial charge in [-0.1, -0.05) is 39.5 Å². The van der Waals surface area contributed by atoms with Gasteiger partial charge in [0.2, 0.25) is 5.91 Å². The van der Waals surface area contributed by atoms with Gasteiger partial charge in [-0.05, 0) is 19.4 Å². The SMILES string of the molecule is CCCCCC[C@H](C)C(NC)C(=O)NC. The van der Waals surface area contributed by atoms with E-state index in [4.69, 9.17) is 0 Å². The number of carbonyl (C=O) groups is 1. The summed E-state index contributed by atoms with van der Waals surface area (Å²) in [5, 5.41) is 5.78. The maximum absolute atomic E-state index is 11.5. The molecule has 0 aromatic heterocycles. The van der Waals surface area contributed by atoms with Gasteiger partial charge in [-0.15, -0.1) is 0 Å². The monoisotopic (exact) mass is 214 g/mol. The first kappa shape index (κ1) is 14.4. The quantitative estimate of drug-likeness (QED) is 0.606. The Hall–Kier alpha value is -0.570. The minimum absolute atomic E-state index is 0.0448. The molecule has 1 amide bonds. The molecule has 0 fully saturated rings. The molecule has 0 aromatic carbocycles. The standard InChI is InChI=1S/C12H26N2O/c1-5-6-7-8-9-10(2)11(13-3)12(15)14-4/h10-11,13H,5-9H2,1-4H3,(H,14,15)/t10-,11?/m0/s1. The van der Waals surface area contributed by atoms with Gasteiger partial charge in [-0.3, -0.25) is 4.79 Å². The maximum atomic E-state index is 11.5. The van der Waals surface area contributed by atoms with Crippen LogP contribution in [0.2, 0.25) is 0 Å². The molecule has 90 valence electrons. The summed E-state index contributed by atoms with van der Waals surface area (Å²) in [6.45, 7) is 4.35. The van der Waals surface area contributed by atoms with Crippen LogP contribution >= 0.6 is 0 Å². The second kappa shape index (κ2) is 8.72. The average molecular weight is 214 g/mol. The summed E-state index contributed by atoms with van der Waals surface area (Å²) in [7, 11) is 3.54. The first-order chi connectivity index (χ1) is 7.17. The summed E-state index contributed by atoms with van der Waals surface area (Å²) in [4.78, 5) is 11.5. The lowest BCUT2D eigenvalue weighted by Gasteiger charge is -2.21. The molecule has 0 rings (SSSR count). The van der Waals surface area contributed by atoms with Crippen LogP contribution in [0.25, 0.3) is 0 Å². The first-order valence-corrected chi connectivity index (χ1v) is 6.06. The Labute approximate surface area is 94.0 Å². The summed E-state index contributed by atoms with van der Waals surface area (Å²) in [5.41, 5.74) is 0. The van der Waals surface area contributed by atoms with Crippen molar-refractivity contribution in [3.63, 3.8) is 0 Å². The largest absolute Gasteiger partial charge is 0.358 e. The first-order valence-electron chi connectivity index (χ1n) is 6.06. The second-order valence-electron chi connectivity index (χ2n) is 4.21. The van der Waals surface area contributed by atoms with Crippen LogP contribution in [0.3, 0.4) is 0 Å². The number of hydrogen-bond acceptors (Lipinski definition) is 2. The number of hydrogen-bond donors (Lipinski definition) is 2. The van der Waals surface area contributed by atoms with E-state index in [9.17, 15) is 4.79 Å². The zero-order valence-electron chi connectivity index (χ0n) is 10.6. The lowest BCUT2D eigenvalue weighted by atomic mass is 9.94. The number of rotatable bonds is 8. The third-order valence-corrected chi connectivity index (χ3v) is 2.92. The zero-order chi connectivity index (χ0) is 11.7. The highest BCUT2D eigenvalue weighted by molar-refractivity contribution is 5.81. The Bertz CT molecular complexity index is 171. The van der Waals surface area contributed by atoms with Gasteiger partial charge in [0.25, 0.3) is 0 Å². The predicted octanol–water partition coefficient (Wildman–Crippen LogP) is 1.93. The molecular weight excluding hydrogens is 188 g/mol. The highest BCUT2D eigenvalue weighted by Crippen LogP contribution is 2.14. The summed E-state index contributed by atoms with van der Waals surface area (Å²) < 4.78 is 0. The van der Waals surface area contributed by atoms with Gasteiger partial charge in [-0.25, -0.2) is 0 Å². The molecule has 0 heterocycles. The fraction of sp³-hybridized carbons (Fsp3) is 0.917. The van der Waals surface area contributed by atoms with Crippen LogP contribution in [-0.2, 0) is 4.79 Å². The van der Waals surface area contributed by atoms with Crippen LogP contribution in [0, 0.1) is 5.92 Å². The van der Waals surface area contributed by atoms with Crippen molar-refractivity contribution in [3.05, 3.63) is 0 Å². The minimum atomic E-state index is -0.0448. The van der Waals surface area contributed by atoms with Crippen molar-refractivity contribution in [2.24, 2.45) is 5.92 Å². The molecule has 0 aromatic rings. The molecule has 2 atom stereocenters. The van der Waals surface area contributed by atoms with Gasteiger partial charge in [0.05, 0.1) is 6.04 Å².